The number of benzene rings is 2. The van der Waals surface area contributed by atoms with Gasteiger partial charge in [0.15, 0.2) is 0 Å². The van der Waals surface area contributed by atoms with Crippen LogP contribution in [0.25, 0.3) is 11.3 Å². The van der Waals surface area contributed by atoms with E-state index < -0.39 is 0 Å². The highest BCUT2D eigenvalue weighted by Gasteiger charge is 2.10. The minimum atomic E-state index is -0.296. The first-order chi connectivity index (χ1) is 12.9. The Labute approximate surface area is 158 Å². The lowest BCUT2D eigenvalue weighted by molar-refractivity contribution is -0.122. The molecule has 0 fully saturated rings. The average Bonchev–Trinajstić information content (AvgIpc) is 2.66. The fourth-order valence-corrected chi connectivity index (χ4v) is 2.93. The zero-order valence-corrected chi connectivity index (χ0v) is 15.8. The van der Waals surface area contributed by atoms with Gasteiger partial charge in [-0.3, -0.25) is 9.59 Å². The summed E-state index contributed by atoms with van der Waals surface area (Å²) in [6, 6.07) is 17.0. The number of hydrogen-bond donors (Lipinski definition) is 1. The van der Waals surface area contributed by atoms with Crippen LogP contribution in [0.1, 0.15) is 22.3 Å². The number of nitrogens with zero attached hydrogens (tertiary/aromatic N) is 2. The molecule has 0 aliphatic carbocycles. The zero-order chi connectivity index (χ0) is 19.4. The first kappa shape index (κ1) is 18.6. The van der Waals surface area contributed by atoms with Gasteiger partial charge in [0.1, 0.15) is 6.54 Å². The lowest BCUT2D eigenvalue weighted by Gasteiger charge is -2.11. The fourth-order valence-electron chi connectivity index (χ4n) is 2.93. The number of aromatic nitrogens is 2. The second-order valence-electron chi connectivity index (χ2n) is 6.73. The maximum absolute atomic E-state index is 12.2. The molecule has 1 aromatic heterocycles. The summed E-state index contributed by atoms with van der Waals surface area (Å²) in [6.07, 6.45) is 0. The molecule has 2 aromatic carbocycles. The smallest absolute Gasteiger partial charge is 0.267 e. The summed E-state index contributed by atoms with van der Waals surface area (Å²) in [6.45, 7) is 6.45. The summed E-state index contributed by atoms with van der Waals surface area (Å²) >= 11 is 0. The van der Waals surface area contributed by atoms with Crippen LogP contribution >= 0.6 is 0 Å². The fraction of sp³-hybridized carbons (Fsp3) is 0.227. The van der Waals surface area contributed by atoms with Gasteiger partial charge in [0, 0.05) is 18.2 Å². The molecule has 1 N–H and O–H groups in total. The number of aryl methyl sites for hydroxylation is 3. The van der Waals surface area contributed by atoms with E-state index >= 15 is 0 Å². The topological polar surface area (TPSA) is 64.0 Å². The van der Waals surface area contributed by atoms with Crippen molar-refractivity contribution in [2.75, 3.05) is 0 Å². The summed E-state index contributed by atoms with van der Waals surface area (Å²) < 4.78 is 1.21. The third-order valence-corrected chi connectivity index (χ3v) is 4.61. The molecule has 138 valence electrons. The van der Waals surface area contributed by atoms with Crippen molar-refractivity contribution >= 4 is 5.91 Å². The third kappa shape index (κ3) is 4.50. The molecule has 0 unspecified atom stereocenters. The first-order valence-corrected chi connectivity index (χ1v) is 8.91. The maximum atomic E-state index is 12.2. The first-order valence-electron chi connectivity index (χ1n) is 8.91. The number of carbonyl (C=O) groups excluding carboxylic acids is 1. The quantitative estimate of drug-likeness (QED) is 0.759. The van der Waals surface area contributed by atoms with Crippen LogP contribution < -0.4 is 10.9 Å². The Morgan fingerprint density at radius 2 is 1.67 bits per heavy atom. The molecule has 27 heavy (non-hydrogen) atoms. The predicted octanol–water partition coefficient (Wildman–Crippen LogP) is 3.15. The number of carbonyl (C=O) groups is 1. The number of nitrogens with one attached hydrogen (secondary N) is 1. The summed E-state index contributed by atoms with van der Waals surface area (Å²) in [7, 11) is 0. The van der Waals surface area contributed by atoms with Gasteiger partial charge in [-0.1, -0.05) is 36.4 Å². The summed E-state index contributed by atoms with van der Waals surface area (Å²) in [5.74, 6) is -0.248. The van der Waals surface area contributed by atoms with Crippen LogP contribution in [0.2, 0.25) is 0 Å². The monoisotopic (exact) mass is 361 g/mol. The van der Waals surface area contributed by atoms with Crippen molar-refractivity contribution in [3.63, 3.8) is 0 Å². The van der Waals surface area contributed by atoms with Gasteiger partial charge in [0.05, 0.1) is 5.69 Å². The minimum Gasteiger partial charge on any atom is -0.350 e. The van der Waals surface area contributed by atoms with Gasteiger partial charge in [-0.15, -0.1) is 0 Å². The second-order valence-corrected chi connectivity index (χ2v) is 6.73. The molecule has 0 bridgehead atoms. The number of rotatable bonds is 5. The normalized spacial score (nSPS) is 10.6. The van der Waals surface area contributed by atoms with E-state index in [0.717, 1.165) is 22.3 Å². The highest BCUT2D eigenvalue weighted by molar-refractivity contribution is 5.75. The van der Waals surface area contributed by atoms with E-state index in [1.54, 1.807) is 6.07 Å². The number of amides is 1. The maximum Gasteiger partial charge on any atom is 0.267 e. The van der Waals surface area contributed by atoms with Gasteiger partial charge in [-0.2, -0.15) is 5.10 Å². The van der Waals surface area contributed by atoms with Crippen LogP contribution in [0.5, 0.6) is 0 Å². The van der Waals surface area contributed by atoms with Gasteiger partial charge in [0.25, 0.3) is 5.56 Å². The van der Waals surface area contributed by atoms with Crippen molar-refractivity contribution in [1.82, 2.24) is 15.1 Å². The van der Waals surface area contributed by atoms with Gasteiger partial charge in [-0.25, -0.2) is 4.68 Å². The molecule has 0 aliphatic rings. The van der Waals surface area contributed by atoms with Crippen molar-refractivity contribution < 1.29 is 4.79 Å². The molecule has 5 heteroatoms. The van der Waals surface area contributed by atoms with Crippen LogP contribution in [0.3, 0.4) is 0 Å². The van der Waals surface area contributed by atoms with Crippen LogP contribution in [0.15, 0.2) is 59.4 Å². The molecular weight excluding hydrogens is 338 g/mol. The van der Waals surface area contributed by atoms with Crippen molar-refractivity contribution in [3.05, 3.63) is 87.2 Å². The van der Waals surface area contributed by atoms with Crippen molar-refractivity contribution in [2.45, 2.75) is 33.9 Å². The van der Waals surface area contributed by atoms with E-state index in [0.29, 0.717) is 12.2 Å². The van der Waals surface area contributed by atoms with Crippen LogP contribution in [0.4, 0.5) is 0 Å². The van der Waals surface area contributed by atoms with Crippen molar-refractivity contribution in [1.29, 1.82) is 0 Å². The Morgan fingerprint density at radius 3 is 2.41 bits per heavy atom. The van der Waals surface area contributed by atoms with Crippen LogP contribution in [-0.2, 0) is 17.9 Å². The predicted molar refractivity (Wildman–Crippen MR) is 106 cm³/mol. The Morgan fingerprint density at radius 1 is 0.963 bits per heavy atom. The molecule has 5 nitrogen and oxygen atoms in total. The molecule has 0 aliphatic heterocycles. The summed E-state index contributed by atoms with van der Waals surface area (Å²) in [5, 5.41) is 7.24. The Bertz CT molecular complexity index is 1020. The molecule has 3 aromatic rings. The van der Waals surface area contributed by atoms with Crippen LogP contribution in [0, 0.1) is 20.8 Å². The van der Waals surface area contributed by atoms with E-state index in [9.17, 15) is 9.59 Å². The minimum absolute atomic E-state index is 0.108. The third-order valence-electron chi connectivity index (χ3n) is 4.61. The molecule has 0 saturated heterocycles. The highest BCUT2D eigenvalue weighted by Crippen LogP contribution is 2.24. The molecule has 0 saturated carbocycles. The Balaban J connectivity index is 1.79. The van der Waals surface area contributed by atoms with E-state index in [-0.39, 0.29) is 18.0 Å². The van der Waals surface area contributed by atoms with E-state index in [1.165, 1.54) is 16.3 Å². The van der Waals surface area contributed by atoms with Gasteiger partial charge >= 0.3 is 0 Å². The molecule has 1 heterocycles. The van der Waals surface area contributed by atoms with E-state index in [1.807, 2.05) is 44.2 Å². The van der Waals surface area contributed by atoms with Crippen molar-refractivity contribution in [3.8, 4) is 11.3 Å². The Kier molecular flexibility index (Phi) is 5.50. The van der Waals surface area contributed by atoms with Gasteiger partial charge in [-0.05, 0) is 55.2 Å². The van der Waals surface area contributed by atoms with E-state index in [4.69, 9.17) is 0 Å². The largest absolute Gasteiger partial charge is 0.350 e. The molecule has 0 radical (unpaired) electrons. The van der Waals surface area contributed by atoms with E-state index in [2.05, 4.69) is 29.5 Å². The average molecular weight is 361 g/mol. The lowest BCUT2D eigenvalue weighted by atomic mass is 9.99. The Hall–Kier alpha value is -3.21. The highest BCUT2D eigenvalue weighted by atomic mass is 16.2. The molecule has 3 rings (SSSR count). The lowest BCUT2D eigenvalue weighted by Crippen LogP contribution is -2.33. The van der Waals surface area contributed by atoms with Gasteiger partial charge in [0.2, 0.25) is 5.91 Å². The number of hydrogen-bond acceptors (Lipinski definition) is 3. The SMILES string of the molecule is Cc1cc(C)c(-c2ccc(=O)n(CC(=O)NCc3ccccc3)n2)cc1C. The summed E-state index contributed by atoms with van der Waals surface area (Å²) in [5.41, 5.74) is 5.83. The van der Waals surface area contributed by atoms with Gasteiger partial charge < -0.3 is 5.32 Å². The standard InChI is InChI=1S/C22H23N3O2/c1-15-11-17(3)19(12-16(15)2)20-9-10-22(27)25(24-20)14-21(26)23-13-18-7-5-4-6-8-18/h4-12H,13-14H2,1-3H3,(H,23,26). The molecule has 0 spiro atoms. The van der Waals surface area contributed by atoms with Crippen LogP contribution in [-0.4, -0.2) is 15.7 Å². The molecule has 1 amide bonds. The summed E-state index contributed by atoms with van der Waals surface area (Å²) in [4.78, 5) is 24.4. The zero-order valence-electron chi connectivity index (χ0n) is 15.8. The van der Waals surface area contributed by atoms with Crippen molar-refractivity contribution in [2.24, 2.45) is 0 Å². The second kappa shape index (κ2) is 7.99. The molecule has 0 atom stereocenters. The molecular formula is C22H23N3O2.